The Labute approximate surface area is 101 Å². The highest BCUT2D eigenvalue weighted by Gasteiger charge is 2.32. The van der Waals surface area contributed by atoms with Gasteiger partial charge in [0.15, 0.2) is 0 Å². The normalized spacial score (nSPS) is 13.5. The van der Waals surface area contributed by atoms with E-state index in [0.717, 1.165) is 6.07 Å². The van der Waals surface area contributed by atoms with Crippen LogP contribution in [0.4, 0.5) is 13.2 Å². The largest absolute Gasteiger partial charge is 0.573 e. The van der Waals surface area contributed by atoms with Crippen molar-refractivity contribution in [2.45, 2.75) is 18.8 Å². The first kappa shape index (κ1) is 14.1. The second-order valence-corrected chi connectivity index (χ2v) is 3.76. The van der Waals surface area contributed by atoms with Crippen molar-refractivity contribution < 1.29 is 23.0 Å². The zero-order valence-corrected chi connectivity index (χ0v) is 9.42. The average molecular weight is 270 g/mol. The Morgan fingerprint density at radius 3 is 2.53 bits per heavy atom. The summed E-state index contributed by atoms with van der Waals surface area (Å²) in [6, 6.07) is 3.30. The van der Waals surface area contributed by atoms with Crippen LogP contribution in [0.2, 0.25) is 5.02 Å². The molecule has 0 amide bonds. The van der Waals surface area contributed by atoms with E-state index in [0.29, 0.717) is 12.0 Å². The molecule has 0 radical (unpaired) electrons. The minimum absolute atomic E-state index is 0.112. The number of rotatable bonds is 4. The lowest BCUT2D eigenvalue weighted by Gasteiger charge is -2.14. The molecule has 0 bridgehead atoms. The van der Waals surface area contributed by atoms with Gasteiger partial charge in [-0.1, -0.05) is 17.7 Å². The zero-order valence-electron chi connectivity index (χ0n) is 8.67. The quantitative estimate of drug-likeness (QED) is 0.883. The van der Waals surface area contributed by atoms with Crippen LogP contribution in [0.3, 0.4) is 0 Å². The summed E-state index contributed by atoms with van der Waals surface area (Å²) in [4.78, 5) is 0. The number of aliphatic hydroxyl groups is 1. The van der Waals surface area contributed by atoms with E-state index in [1.807, 2.05) is 0 Å². The summed E-state index contributed by atoms with van der Waals surface area (Å²) in [6.07, 6.45) is -4.48. The van der Waals surface area contributed by atoms with E-state index in [4.69, 9.17) is 22.4 Å². The number of alkyl halides is 3. The van der Waals surface area contributed by atoms with Crippen molar-refractivity contribution >= 4 is 11.6 Å². The summed E-state index contributed by atoms with van der Waals surface area (Å²) >= 11 is 5.64. The van der Waals surface area contributed by atoms with Gasteiger partial charge in [0, 0.05) is 12.6 Å². The van der Waals surface area contributed by atoms with Crippen molar-refractivity contribution in [3.8, 4) is 5.75 Å². The predicted molar refractivity (Wildman–Crippen MR) is 56.8 cm³/mol. The first-order chi connectivity index (χ1) is 7.83. The lowest BCUT2D eigenvalue weighted by atomic mass is 10.1. The molecular formula is C10H11ClF3NO2. The second kappa shape index (κ2) is 5.57. The third-order valence-corrected chi connectivity index (χ3v) is 2.35. The molecule has 0 aromatic heterocycles. The molecule has 1 aromatic rings. The van der Waals surface area contributed by atoms with Gasteiger partial charge in [-0.3, -0.25) is 0 Å². The van der Waals surface area contributed by atoms with Crippen molar-refractivity contribution in [1.82, 2.24) is 0 Å². The van der Waals surface area contributed by atoms with Gasteiger partial charge in [0.25, 0.3) is 0 Å². The summed E-state index contributed by atoms with van der Waals surface area (Å²) in [5.74, 6) is -0.473. The molecule has 0 fully saturated rings. The number of aliphatic hydroxyl groups excluding tert-OH is 1. The van der Waals surface area contributed by atoms with Gasteiger partial charge in [-0.25, -0.2) is 0 Å². The number of benzene rings is 1. The fraction of sp³-hybridized carbons (Fsp3) is 0.400. The topological polar surface area (TPSA) is 55.5 Å². The molecule has 96 valence electrons. The van der Waals surface area contributed by atoms with Gasteiger partial charge in [-0.2, -0.15) is 0 Å². The molecule has 3 nitrogen and oxygen atoms in total. The minimum atomic E-state index is -4.78. The first-order valence-electron chi connectivity index (χ1n) is 4.75. The maximum atomic E-state index is 12.0. The van der Waals surface area contributed by atoms with Crippen LogP contribution in [-0.4, -0.2) is 18.1 Å². The van der Waals surface area contributed by atoms with E-state index < -0.39 is 18.2 Å². The predicted octanol–water partition coefficient (Wildman–Crippen LogP) is 2.62. The Balaban J connectivity index is 2.86. The molecule has 0 aliphatic heterocycles. The minimum Gasteiger partial charge on any atom is -0.404 e. The molecule has 7 heteroatoms. The van der Waals surface area contributed by atoms with Crippen LogP contribution < -0.4 is 10.5 Å². The molecule has 0 unspecified atom stereocenters. The van der Waals surface area contributed by atoms with Crippen LogP contribution in [0.5, 0.6) is 5.75 Å². The van der Waals surface area contributed by atoms with Gasteiger partial charge in [-0.05, 0) is 24.1 Å². The Hall–Kier alpha value is -0.980. The molecule has 0 aliphatic rings. The highest BCUT2D eigenvalue weighted by atomic mass is 35.5. The number of hydrogen-bond acceptors (Lipinski definition) is 3. The van der Waals surface area contributed by atoms with Crippen molar-refractivity contribution in [2.24, 2.45) is 5.73 Å². The summed E-state index contributed by atoms with van der Waals surface area (Å²) in [7, 11) is 0. The van der Waals surface area contributed by atoms with Crippen molar-refractivity contribution in [3.05, 3.63) is 28.8 Å². The van der Waals surface area contributed by atoms with E-state index in [2.05, 4.69) is 4.74 Å². The van der Waals surface area contributed by atoms with Gasteiger partial charge in [0.2, 0.25) is 0 Å². The highest BCUT2D eigenvalue weighted by Crippen LogP contribution is 2.32. The fourth-order valence-corrected chi connectivity index (χ4v) is 1.49. The summed E-state index contributed by atoms with van der Waals surface area (Å²) < 4.78 is 39.6. The van der Waals surface area contributed by atoms with E-state index >= 15 is 0 Å². The van der Waals surface area contributed by atoms with Crippen LogP contribution in [-0.2, 0) is 0 Å². The molecule has 3 N–H and O–H groups in total. The standard InChI is InChI=1S/C10H11ClF3NO2/c11-7-5-6(8(15)3-4-16)1-2-9(7)17-10(12,13)14/h1-2,5,8,16H,3-4,15H2/t8-/m1/s1. The van der Waals surface area contributed by atoms with Gasteiger partial charge < -0.3 is 15.6 Å². The van der Waals surface area contributed by atoms with E-state index in [1.165, 1.54) is 12.1 Å². The van der Waals surface area contributed by atoms with Gasteiger partial charge in [0.05, 0.1) is 5.02 Å². The van der Waals surface area contributed by atoms with Gasteiger partial charge in [0.1, 0.15) is 5.75 Å². The Morgan fingerprint density at radius 2 is 2.06 bits per heavy atom. The molecule has 1 atom stereocenters. The molecule has 1 rings (SSSR count). The maximum Gasteiger partial charge on any atom is 0.573 e. The van der Waals surface area contributed by atoms with Crippen LogP contribution in [0.15, 0.2) is 18.2 Å². The summed E-state index contributed by atoms with van der Waals surface area (Å²) in [6.45, 7) is -0.112. The molecule has 0 aliphatic carbocycles. The molecule has 0 heterocycles. The molecular weight excluding hydrogens is 259 g/mol. The third kappa shape index (κ3) is 4.41. The summed E-state index contributed by atoms with van der Waals surface area (Å²) in [5, 5.41) is 8.52. The van der Waals surface area contributed by atoms with E-state index in [1.54, 1.807) is 0 Å². The number of ether oxygens (including phenoxy) is 1. The maximum absolute atomic E-state index is 12.0. The molecule has 1 aromatic carbocycles. The van der Waals surface area contributed by atoms with Crippen molar-refractivity contribution in [2.75, 3.05) is 6.61 Å². The van der Waals surface area contributed by atoms with Crippen LogP contribution in [0, 0.1) is 0 Å². The van der Waals surface area contributed by atoms with Gasteiger partial charge in [-0.15, -0.1) is 13.2 Å². The molecule has 17 heavy (non-hydrogen) atoms. The average Bonchev–Trinajstić information content (AvgIpc) is 2.19. The van der Waals surface area contributed by atoms with Crippen LogP contribution >= 0.6 is 11.6 Å². The fourth-order valence-electron chi connectivity index (χ4n) is 1.26. The van der Waals surface area contributed by atoms with Gasteiger partial charge >= 0.3 is 6.36 Å². The Morgan fingerprint density at radius 1 is 1.41 bits per heavy atom. The lowest BCUT2D eigenvalue weighted by Crippen LogP contribution is -2.17. The van der Waals surface area contributed by atoms with E-state index in [9.17, 15) is 13.2 Å². The smallest absolute Gasteiger partial charge is 0.404 e. The van der Waals surface area contributed by atoms with Crippen molar-refractivity contribution in [3.63, 3.8) is 0 Å². The number of halogens is 4. The molecule has 0 saturated heterocycles. The van der Waals surface area contributed by atoms with Crippen LogP contribution in [0.25, 0.3) is 0 Å². The molecule has 0 spiro atoms. The van der Waals surface area contributed by atoms with E-state index in [-0.39, 0.29) is 11.6 Å². The number of nitrogens with two attached hydrogens (primary N) is 1. The van der Waals surface area contributed by atoms with Crippen molar-refractivity contribution in [1.29, 1.82) is 0 Å². The number of hydrogen-bond donors (Lipinski definition) is 2. The molecule has 0 saturated carbocycles. The summed E-state index contributed by atoms with van der Waals surface area (Å²) in [5.41, 5.74) is 6.21. The SMILES string of the molecule is N[C@H](CCO)c1ccc(OC(F)(F)F)c(Cl)c1. The monoisotopic (exact) mass is 269 g/mol. The third-order valence-electron chi connectivity index (χ3n) is 2.05. The Kier molecular flexibility index (Phi) is 4.62. The first-order valence-corrected chi connectivity index (χ1v) is 5.13. The lowest BCUT2D eigenvalue weighted by molar-refractivity contribution is -0.274. The zero-order chi connectivity index (χ0) is 13.1. The highest BCUT2D eigenvalue weighted by molar-refractivity contribution is 6.32. The van der Waals surface area contributed by atoms with Crippen LogP contribution in [0.1, 0.15) is 18.0 Å². The second-order valence-electron chi connectivity index (χ2n) is 3.36. The Bertz CT molecular complexity index is 384.